The van der Waals surface area contributed by atoms with Gasteiger partial charge in [-0.15, -0.1) is 0 Å². The van der Waals surface area contributed by atoms with Gasteiger partial charge >= 0.3 is 0 Å². The molecule has 1 saturated heterocycles. The molecule has 0 radical (unpaired) electrons. The second-order valence-corrected chi connectivity index (χ2v) is 8.41. The molecule has 0 unspecified atom stereocenters. The monoisotopic (exact) mass is 388 g/mol. The number of nitrogens with one attached hydrogen (secondary N) is 1. The van der Waals surface area contributed by atoms with Crippen molar-refractivity contribution < 1.29 is 14.4 Å². The van der Waals surface area contributed by atoms with Crippen molar-refractivity contribution in [3.8, 4) is 0 Å². The Kier molecular flexibility index (Phi) is 4.26. The molecule has 29 heavy (non-hydrogen) atoms. The molecule has 2 aromatic carbocycles. The standard InChI is InChI=1S/C24H24N2O3/c1-2-14-6-3-4-9-19(14)25-22(27)17-7-5-8-18(13-17)26-23(28)20-15-10-11-16(12-15)21(20)24(26)29/h3-9,13,15-16,20-21H,2,10-12H2,1H3,(H,25,27)/t15-,16-,20-,21+/m0/s1. The molecule has 5 heteroatoms. The van der Waals surface area contributed by atoms with Crippen molar-refractivity contribution in [1.82, 2.24) is 0 Å². The molecule has 148 valence electrons. The molecule has 2 aliphatic carbocycles. The Labute approximate surface area is 170 Å². The average molecular weight is 388 g/mol. The van der Waals surface area contributed by atoms with Gasteiger partial charge in [0, 0.05) is 11.3 Å². The molecule has 5 rings (SSSR count). The maximum atomic E-state index is 13.0. The van der Waals surface area contributed by atoms with E-state index in [0.29, 0.717) is 23.1 Å². The number of carbonyl (C=O) groups is 3. The maximum absolute atomic E-state index is 13.0. The van der Waals surface area contributed by atoms with Gasteiger partial charge in [0.25, 0.3) is 5.91 Å². The van der Waals surface area contributed by atoms with E-state index in [1.54, 1.807) is 24.3 Å². The molecular weight excluding hydrogens is 364 g/mol. The van der Waals surface area contributed by atoms with E-state index in [0.717, 1.165) is 36.9 Å². The van der Waals surface area contributed by atoms with Crippen LogP contribution in [0.1, 0.15) is 42.1 Å². The number of imide groups is 1. The second kappa shape index (κ2) is 6.83. The first-order chi connectivity index (χ1) is 14.1. The molecule has 2 bridgehead atoms. The quantitative estimate of drug-likeness (QED) is 0.804. The van der Waals surface area contributed by atoms with Crippen LogP contribution in [-0.2, 0) is 16.0 Å². The number of rotatable bonds is 4. The number of nitrogens with zero attached hydrogens (tertiary/aromatic N) is 1. The first-order valence-corrected chi connectivity index (χ1v) is 10.5. The van der Waals surface area contributed by atoms with E-state index < -0.39 is 0 Å². The summed E-state index contributed by atoms with van der Waals surface area (Å²) in [6.45, 7) is 2.04. The summed E-state index contributed by atoms with van der Waals surface area (Å²) >= 11 is 0. The van der Waals surface area contributed by atoms with Crippen molar-refractivity contribution in [2.75, 3.05) is 10.2 Å². The first kappa shape index (κ1) is 18.1. The highest BCUT2D eigenvalue weighted by molar-refractivity contribution is 6.23. The zero-order valence-corrected chi connectivity index (χ0v) is 16.4. The van der Waals surface area contributed by atoms with Crippen molar-refractivity contribution in [3.05, 3.63) is 59.7 Å². The van der Waals surface area contributed by atoms with Gasteiger partial charge in [-0.1, -0.05) is 31.2 Å². The van der Waals surface area contributed by atoms with E-state index in [2.05, 4.69) is 5.32 Å². The van der Waals surface area contributed by atoms with Crippen molar-refractivity contribution in [2.45, 2.75) is 32.6 Å². The second-order valence-electron chi connectivity index (χ2n) is 8.41. The highest BCUT2D eigenvalue weighted by Crippen LogP contribution is 2.56. The lowest BCUT2D eigenvalue weighted by molar-refractivity contribution is -0.123. The molecule has 1 heterocycles. The Morgan fingerprint density at radius 1 is 1.00 bits per heavy atom. The minimum absolute atomic E-state index is 0.0823. The van der Waals surface area contributed by atoms with E-state index in [-0.39, 0.29) is 29.6 Å². The van der Waals surface area contributed by atoms with E-state index >= 15 is 0 Å². The van der Waals surface area contributed by atoms with Gasteiger partial charge in [0.1, 0.15) is 0 Å². The van der Waals surface area contributed by atoms with Crippen molar-refractivity contribution in [1.29, 1.82) is 0 Å². The summed E-state index contributed by atoms with van der Waals surface area (Å²) in [5.74, 6) is -0.0217. The molecule has 2 aromatic rings. The number of carbonyl (C=O) groups excluding carboxylic acids is 3. The Morgan fingerprint density at radius 3 is 2.38 bits per heavy atom. The summed E-state index contributed by atoms with van der Waals surface area (Å²) in [5, 5.41) is 2.95. The zero-order chi connectivity index (χ0) is 20.1. The maximum Gasteiger partial charge on any atom is 0.255 e. The lowest BCUT2D eigenvalue weighted by Gasteiger charge is -2.19. The summed E-state index contributed by atoms with van der Waals surface area (Å²) in [5.41, 5.74) is 2.79. The Bertz CT molecular complexity index is 987. The minimum atomic E-state index is -0.243. The van der Waals surface area contributed by atoms with E-state index in [4.69, 9.17) is 0 Å². The molecular formula is C24H24N2O3. The van der Waals surface area contributed by atoms with Gasteiger partial charge in [0.15, 0.2) is 0 Å². The predicted octanol–water partition coefficient (Wildman–Crippen LogP) is 4.04. The smallest absolute Gasteiger partial charge is 0.255 e. The van der Waals surface area contributed by atoms with Crippen LogP contribution in [-0.4, -0.2) is 17.7 Å². The zero-order valence-electron chi connectivity index (χ0n) is 16.4. The van der Waals surface area contributed by atoms with Crippen LogP contribution >= 0.6 is 0 Å². The number of benzene rings is 2. The summed E-state index contributed by atoms with van der Waals surface area (Å²) in [6.07, 6.45) is 3.94. The number of hydrogen-bond donors (Lipinski definition) is 1. The fourth-order valence-corrected chi connectivity index (χ4v) is 5.59. The molecule has 4 atom stereocenters. The lowest BCUT2D eigenvalue weighted by Crippen LogP contribution is -2.33. The third-order valence-electron chi connectivity index (χ3n) is 6.94. The molecule has 3 amide bonds. The van der Waals surface area contributed by atoms with Crippen molar-refractivity contribution >= 4 is 29.1 Å². The summed E-state index contributed by atoms with van der Waals surface area (Å²) in [7, 11) is 0. The van der Waals surface area contributed by atoms with Crippen LogP contribution in [0.2, 0.25) is 0 Å². The fourth-order valence-electron chi connectivity index (χ4n) is 5.59. The van der Waals surface area contributed by atoms with E-state index in [1.807, 2.05) is 31.2 Å². The van der Waals surface area contributed by atoms with Gasteiger partial charge in [0.2, 0.25) is 11.8 Å². The number of aryl methyl sites for hydroxylation is 1. The number of amides is 3. The average Bonchev–Trinajstić information content (AvgIpc) is 3.42. The molecule has 0 aromatic heterocycles. The van der Waals surface area contributed by atoms with E-state index in [1.165, 1.54) is 4.90 Å². The van der Waals surface area contributed by atoms with Gasteiger partial charge in [-0.3, -0.25) is 19.3 Å². The normalized spacial score (nSPS) is 27.4. The van der Waals surface area contributed by atoms with Gasteiger partial charge in [0.05, 0.1) is 17.5 Å². The number of para-hydroxylation sites is 1. The summed E-state index contributed by atoms with van der Waals surface area (Å²) in [6, 6.07) is 14.6. The van der Waals surface area contributed by atoms with Crippen LogP contribution < -0.4 is 10.2 Å². The van der Waals surface area contributed by atoms with Gasteiger partial charge < -0.3 is 5.32 Å². The molecule has 1 aliphatic heterocycles. The third kappa shape index (κ3) is 2.79. The number of anilines is 2. The lowest BCUT2D eigenvalue weighted by atomic mass is 9.81. The molecule has 5 nitrogen and oxygen atoms in total. The van der Waals surface area contributed by atoms with E-state index in [9.17, 15) is 14.4 Å². The van der Waals surface area contributed by atoms with Gasteiger partial charge in [-0.2, -0.15) is 0 Å². The third-order valence-corrected chi connectivity index (χ3v) is 6.94. The Balaban J connectivity index is 1.41. The van der Waals surface area contributed by atoms with Crippen LogP contribution in [0.25, 0.3) is 0 Å². The molecule has 0 spiro atoms. The number of hydrogen-bond acceptors (Lipinski definition) is 3. The van der Waals surface area contributed by atoms with Crippen LogP contribution in [0.4, 0.5) is 11.4 Å². The highest BCUT2D eigenvalue weighted by atomic mass is 16.2. The summed E-state index contributed by atoms with van der Waals surface area (Å²) < 4.78 is 0. The van der Waals surface area contributed by atoms with Crippen LogP contribution in [0.5, 0.6) is 0 Å². The van der Waals surface area contributed by atoms with Crippen LogP contribution in [0.3, 0.4) is 0 Å². The fraction of sp³-hybridized carbons (Fsp3) is 0.375. The first-order valence-electron chi connectivity index (χ1n) is 10.5. The molecule has 2 saturated carbocycles. The summed E-state index contributed by atoms with van der Waals surface area (Å²) in [4.78, 5) is 40.2. The van der Waals surface area contributed by atoms with Crippen molar-refractivity contribution in [3.63, 3.8) is 0 Å². The highest BCUT2D eigenvalue weighted by Gasteiger charge is 2.61. The molecule has 1 N–H and O–H groups in total. The molecule has 3 fully saturated rings. The SMILES string of the molecule is CCc1ccccc1NC(=O)c1cccc(N2C(=O)[C@@H]3[C@H]4CC[C@@H](C4)[C@@H]3C2=O)c1. The number of fused-ring (bicyclic) bond motifs is 5. The van der Waals surface area contributed by atoms with Gasteiger partial charge in [-0.25, -0.2) is 0 Å². The van der Waals surface area contributed by atoms with Gasteiger partial charge in [-0.05, 0) is 67.3 Å². The predicted molar refractivity (Wildman–Crippen MR) is 111 cm³/mol. The van der Waals surface area contributed by atoms with Crippen LogP contribution in [0.15, 0.2) is 48.5 Å². The molecule has 3 aliphatic rings. The Morgan fingerprint density at radius 2 is 1.69 bits per heavy atom. The van der Waals surface area contributed by atoms with Crippen molar-refractivity contribution in [2.24, 2.45) is 23.7 Å². The largest absolute Gasteiger partial charge is 0.322 e. The minimum Gasteiger partial charge on any atom is -0.322 e. The van der Waals surface area contributed by atoms with Crippen LogP contribution in [0, 0.1) is 23.7 Å². The topological polar surface area (TPSA) is 66.5 Å². The Hall–Kier alpha value is -2.95.